The summed E-state index contributed by atoms with van der Waals surface area (Å²) in [6.45, 7) is 3.31. The maximum Gasteiger partial charge on any atom is 0.270 e. The second-order valence-electron chi connectivity index (χ2n) is 8.09. The minimum Gasteiger partial charge on any atom is -0.495 e. The van der Waals surface area contributed by atoms with Crippen molar-refractivity contribution in [2.24, 2.45) is 0 Å². The van der Waals surface area contributed by atoms with E-state index in [0.717, 1.165) is 5.56 Å². The zero-order valence-electron chi connectivity index (χ0n) is 19.6. The Morgan fingerprint density at radius 2 is 1.69 bits per heavy atom. The molecular formula is C26H28N2O6S. The highest BCUT2D eigenvalue weighted by Crippen LogP contribution is 2.29. The molecule has 3 aromatic rings. The zero-order chi connectivity index (χ0) is 24.8. The molecule has 0 radical (unpaired) electrons. The average molecular weight is 497 g/mol. The molecule has 1 aliphatic rings. The first-order valence-corrected chi connectivity index (χ1v) is 12.7. The number of hydrogen-bond acceptors (Lipinski definition) is 6. The van der Waals surface area contributed by atoms with Crippen LogP contribution in [0.3, 0.4) is 0 Å². The molecule has 0 aromatic heterocycles. The van der Waals surface area contributed by atoms with Gasteiger partial charge in [-0.05, 0) is 48.9 Å². The van der Waals surface area contributed by atoms with Crippen LogP contribution in [0, 0.1) is 6.92 Å². The average Bonchev–Trinajstić information content (AvgIpc) is 2.88. The van der Waals surface area contributed by atoms with Crippen molar-refractivity contribution in [2.75, 3.05) is 38.7 Å². The molecule has 0 unspecified atom stereocenters. The molecule has 184 valence electrons. The lowest BCUT2D eigenvalue weighted by molar-refractivity contribution is -0.123. The second-order valence-corrected chi connectivity index (χ2v) is 10.0. The summed E-state index contributed by atoms with van der Waals surface area (Å²) in [5, 5.41) is 2.90. The van der Waals surface area contributed by atoms with Crippen LogP contribution in [0.1, 0.15) is 17.2 Å². The fourth-order valence-electron chi connectivity index (χ4n) is 3.78. The molecule has 1 atom stereocenters. The van der Waals surface area contributed by atoms with Crippen molar-refractivity contribution in [3.8, 4) is 11.5 Å². The van der Waals surface area contributed by atoms with Crippen molar-refractivity contribution < 1.29 is 27.4 Å². The summed E-state index contributed by atoms with van der Waals surface area (Å²) in [7, 11) is -2.08. The minimum absolute atomic E-state index is 0.164. The van der Waals surface area contributed by atoms with Crippen LogP contribution >= 0.6 is 0 Å². The van der Waals surface area contributed by atoms with Gasteiger partial charge in [0.05, 0.1) is 30.9 Å². The summed E-state index contributed by atoms with van der Waals surface area (Å²) < 4.78 is 43.9. The molecule has 1 fully saturated rings. The number of anilines is 1. The van der Waals surface area contributed by atoms with Crippen molar-refractivity contribution >= 4 is 21.6 Å². The molecule has 0 bridgehead atoms. The normalized spacial score (nSPS) is 15.3. The third-order valence-corrected chi connectivity index (χ3v) is 7.55. The number of rotatable bonds is 8. The first-order chi connectivity index (χ1) is 16.9. The molecule has 8 nitrogen and oxygen atoms in total. The van der Waals surface area contributed by atoms with Gasteiger partial charge in [0.2, 0.25) is 16.1 Å². The van der Waals surface area contributed by atoms with E-state index in [9.17, 15) is 13.2 Å². The van der Waals surface area contributed by atoms with Crippen LogP contribution < -0.4 is 14.8 Å². The number of aryl methyl sites for hydroxylation is 1. The van der Waals surface area contributed by atoms with Gasteiger partial charge >= 0.3 is 0 Å². The van der Waals surface area contributed by atoms with Crippen molar-refractivity contribution in [3.05, 3.63) is 83.9 Å². The van der Waals surface area contributed by atoms with Gasteiger partial charge in [-0.15, -0.1) is 0 Å². The maximum atomic E-state index is 13.3. The molecular weight excluding hydrogens is 468 g/mol. The fraction of sp³-hybridized carbons (Fsp3) is 0.269. The molecule has 1 aliphatic heterocycles. The van der Waals surface area contributed by atoms with Gasteiger partial charge in [-0.1, -0.05) is 36.4 Å². The van der Waals surface area contributed by atoms with Gasteiger partial charge in [-0.3, -0.25) is 4.79 Å². The number of ether oxygens (including phenoxy) is 3. The lowest BCUT2D eigenvalue weighted by Crippen LogP contribution is -2.40. The monoisotopic (exact) mass is 496 g/mol. The number of sulfonamides is 1. The van der Waals surface area contributed by atoms with Crippen molar-refractivity contribution in [3.63, 3.8) is 0 Å². The fourth-order valence-corrected chi connectivity index (χ4v) is 5.19. The predicted molar refractivity (Wildman–Crippen MR) is 132 cm³/mol. The largest absolute Gasteiger partial charge is 0.495 e. The summed E-state index contributed by atoms with van der Waals surface area (Å²) in [6, 6.07) is 20.7. The van der Waals surface area contributed by atoms with E-state index in [2.05, 4.69) is 5.32 Å². The van der Waals surface area contributed by atoms with Gasteiger partial charge in [0.25, 0.3) is 5.91 Å². The summed E-state index contributed by atoms with van der Waals surface area (Å²) in [5.41, 5.74) is 2.16. The Morgan fingerprint density at radius 1 is 1.00 bits per heavy atom. The number of morpholine rings is 1. The van der Waals surface area contributed by atoms with E-state index >= 15 is 0 Å². The predicted octanol–water partition coefficient (Wildman–Crippen LogP) is 3.78. The Balaban J connectivity index is 1.57. The van der Waals surface area contributed by atoms with E-state index in [1.165, 1.54) is 23.5 Å². The van der Waals surface area contributed by atoms with Crippen molar-refractivity contribution in [2.45, 2.75) is 17.9 Å². The summed E-state index contributed by atoms with van der Waals surface area (Å²) >= 11 is 0. The third kappa shape index (κ3) is 5.82. The number of amides is 1. The second kappa shape index (κ2) is 10.9. The summed E-state index contributed by atoms with van der Waals surface area (Å²) in [6.07, 6.45) is -0.969. The third-order valence-electron chi connectivity index (χ3n) is 5.64. The smallest absolute Gasteiger partial charge is 0.270 e. The van der Waals surface area contributed by atoms with Gasteiger partial charge < -0.3 is 19.5 Å². The summed E-state index contributed by atoms with van der Waals surface area (Å²) in [4.78, 5) is 13.5. The molecule has 3 aromatic carbocycles. The molecule has 35 heavy (non-hydrogen) atoms. The Morgan fingerprint density at radius 3 is 2.34 bits per heavy atom. The zero-order valence-corrected chi connectivity index (χ0v) is 20.5. The van der Waals surface area contributed by atoms with Crippen LogP contribution in [0.4, 0.5) is 5.69 Å². The molecule has 0 aliphatic carbocycles. The highest BCUT2D eigenvalue weighted by molar-refractivity contribution is 7.89. The highest BCUT2D eigenvalue weighted by atomic mass is 32.2. The molecule has 9 heteroatoms. The highest BCUT2D eigenvalue weighted by Gasteiger charge is 2.27. The molecule has 4 rings (SSSR count). The number of carbonyl (C=O) groups is 1. The van der Waals surface area contributed by atoms with Crippen LogP contribution in [0.15, 0.2) is 77.7 Å². The van der Waals surface area contributed by atoms with E-state index in [1.54, 1.807) is 30.3 Å². The number of nitrogens with zero attached hydrogens (tertiary/aromatic N) is 1. The lowest BCUT2D eigenvalue weighted by Gasteiger charge is -2.26. The van der Waals surface area contributed by atoms with E-state index in [0.29, 0.717) is 49.1 Å². The molecule has 1 heterocycles. The standard InChI is InChI=1S/C26H28N2O6S/c1-19-8-13-24(32-2)23(18-19)27-26(29)25(20-6-4-3-5-7-20)34-21-9-11-22(12-10-21)35(30,31)28-14-16-33-17-15-28/h3-13,18,25H,14-17H2,1-2H3,(H,27,29)/t25-/m0/s1. The number of hydrogen-bond donors (Lipinski definition) is 1. The number of carbonyl (C=O) groups excluding carboxylic acids is 1. The first-order valence-electron chi connectivity index (χ1n) is 11.2. The van der Waals surface area contributed by atoms with Gasteiger partial charge in [0.15, 0.2) is 0 Å². The molecule has 1 saturated heterocycles. The van der Waals surface area contributed by atoms with E-state index in [4.69, 9.17) is 14.2 Å². The molecule has 1 N–H and O–H groups in total. The molecule has 0 saturated carbocycles. The van der Waals surface area contributed by atoms with Crippen LogP contribution in [0.25, 0.3) is 0 Å². The lowest BCUT2D eigenvalue weighted by atomic mass is 10.1. The summed E-state index contributed by atoms with van der Waals surface area (Å²) in [5.74, 6) is 0.518. The number of benzene rings is 3. The van der Waals surface area contributed by atoms with Gasteiger partial charge in [-0.25, -0.2) is 8.42 Å². The van der Waals surface area contributed by atoms with Crippen molar-refractivity contribution in [1.82, 2.24) is 4.31 Å². The van der Waals surface area contributed by atoms with Crippen LogP contribution in [0.5, 0.6) is 11.5 Å². The molecule has 0 spiro atoms. The van der Waals surface area contributed by atoms with E-state index in [-0.39, 0.29) is 10.8 Å². The van der Waals surface area contributed by atoms with Gasteiger partial charge in [0.1, 0.15) is 11.5 Å². The Bertz CT molecular complexity index is 1260. The van der Waals surface area contributed by atoms with Gasteiger partial charge in [0, 0.05) is 18.7 Å². The number of nitrogens with one attached hydrogen (secondary N) is 1. The topological polar surface area (TPSA) is 94.2 Å². The maximum absolute atomic E-state index is 13.3. The van der Waals surface area contributed by atoms with Crippen molar-refractivity contribution in [1.29, 1.82) is 0 Å². The van der Waals surface area contributed by atoms with E-state index in [1.807, 2.05) is 37.3 Å². The SMILES string of the molecule is COc1ccc(C)cc1NC(=O)[C@@H](Oc1ccc(S(=O)(=O)N2CCOCC2)cc1)c1ccccc1. The Labute approximate surface area is 205 Å². The van der Waals surface area contributed by atoms with Crippen LogP contribution in [0.2, 0.25) is 0 Å². The van der Waals surface area contributed by atoms with Gasteiger partial charge in [-0.2, -0.15) is 4.31 Å². The molecule has 1 amide bonds. The first kappa shape index (κ1) is 24.7. The Hall–Kier alpha value is -3.40. The van der Waals surface area contributed by atoms with Crippen LogP contribution in [-0.4, -0.2) is 52.0 Å². The van der Waals surface area contributed by atoms with E-state index < -0.39 is 16.1 Å². The number of methoxy groups -OCH3 is 1. The quantitative estimate of drug-likeness (QED) is 0.510. The minimum atomic E-state index is -3.62. The Kier molecular flexibility index (Phi) is 7.70. The van der Waals surface area contributed by atoms with Crippen LogP contribution in [-0.2, 0) is 19.6 Å².